The summed E-state index contributed by atoms with van der Waals surface area (Å²) in [5, 5.41) is 0.540. The molecule has 0 saturated carbocycles. The van der Waals surface area contributed by atoms with Crippen LogP contribution in [0.5, 0.6) is 0 Å². The van der Waals surface area contributed by atoms with Gasteiger partial charge in [-0.05, 0) is 36.3 Å². The number of benzene rings is 1. The Morgan fingerprint density at radius 1 is 1.28 bits per heavy atom. The van der Waals surface area contributed by atoms with Crippen molar-refractivity contribution in [2.24, 2.45) is 17.2 Å². The maximum absolute atomic E-state index is 13.3. The zero-order valence-electron chi connectivity index (χ0n) is 10.00. The third kappa shape index (κ3) is 2.15. The van der Waals surface area contributed by atoms with Crippen LogP contribution >= 0.6 is 0 Å². The number of aromatic nitrogens is 1. The molecule has 1 aromatic heterocycles. The molecule has 0 unspecified atom stereocenters. The highest BCUT2D eigenvalue weighted by Gasteiger charge is 2.06. The van der Waals surface area contributed by atoms with Gasteiger partial charge in [0.1, 0.15) is 5.82 Å². The highest BCUT2D eigenvalue weighted by atomic mass is 19.1. The van der Waals surface area contributed by atoms with Crippen LogP contribution in [-0.2, 0) is 0 Å². The third-order valence-electron chi connectivity index (χ3n) is 2.75. The average Bonchev–Trinajstić information content (AvgIpc) is 2.69. The molecule has 0 fully saturated rings. The van der Waals surface area contributed by atoms with E-state index in [0.717, 1.165) is 11.1 Å². The van der Waals surface area contributed by atoms with Crippen LogP contribution in [0.2, 0.25) is 0 Å². The third-order valence-corrected chi connectivity index (χ3v) is 2.75. The van der Waals surface area contributed by atoms with Crippen LogP contribution in [-0.4, -0.2) is 4.98 Å². The SMILES string of the molecule is C/C(C=C(N)N)=C(/N)c1ccc2c(F)c[nH]c2c1. The molecule has 0 saturated heterocycles. The van der Waals surface area contributed by atoms with Crippen molar-refractivity contribution in [3.05, 3.63) is 53.2 Å². The maximum atomic E-state index is 13.3. The number of nitrogens with two attached hydrogens (primary N) is 3. The van der Waals surface area contributed by atoms with Crippen LogP contribution in [0.25, 0.3) is 16.6 Å². The molecule has 0 bridgehead atoms. The Morgan fingerprint density at radius 3 is 2.67 bits per heavy atom. The molecule has 0 radical (unpaired) electrons. The first kappa shape index (κ1) is 12.0. The van der Waals surface area contributed by atoms with Crippen molar-refractivity contribution < 1.29 is 4.39 Å². The lowest BCUT2D eigenvalue weighted by molar-refractivity contribution is 0.639. The van der Waals surface area contributed by atoms with Crippen LogP contribution in [0.4, 0.5) is 4.39 Å². The highest BCUT2D eigenvalue weighted by molar-refractivity contribution is 5.84. The van der Waals surface area contributed by atoms with E-state index in [2.05, 4.69) is 4.98 Å². The second kappa shape index (κ2) is 4.44. The Balaban J connectivity index is 2.51. The molecule has 18 heavy (non-hydrogen) atoms. The van der Waals surface area contributed by atoms with E-state index in [4.69, 9.17) is 17.2 Å². The molecule has 4 nitrogen and oxygen atoms in total. The van der Waals surface area contributed by atoms with Gasteiger partial charge >= 0.3 is 0 Å². The fourth-order valence-corrected chi connectivity index (χ4v) is 1.81. The van der Waals surface area contributed by atoms with Crippen LogP contribution in [0.1, 0.15) is 12.5 Å². The lowest BCUT2D eigenvalue weighted by atomic mass is 10.1. The minimum Gasteiger partial charge on any atom is -0.398 e. The van der Waals surface area contributed by atoms with Crippen LogP contribution in [0.3, 0.4) is 0 Å². The van der Waals surface area contributed by atoms with Crippen LogP contribution < -0.4 is 17.2 Å². The summed E-state index contributed by atoms with van der Waals surface area (Å²) >= 11 is 0. The molecular formula is C13H15FN4. The van der Waals surface area contributed by atoms with Crippen molar-refractivity contribution in [3.63, 3.8) is 0 Å². The van der Waals surface area contributed by atoms with Crippen molar-refractivity contribution >= 4 is 16.6 Å². The van der Waals surface area contributed by atoms with Gasteiger partial charge in [0.05, 0.1) is 5.82 Å². The summed E-state index contributed by atoms with van der Waals surface area (Å²) in [5.41, 5.74) is 19.6. The van der Waals surface area contributed by atoms with Crippen LogP contribution in [0, 0.1) is 5.82 Å². The Morgan fingerprint density at radius 2 is 2.00 bits per heavy atom. The fourth-order valence-electron chi connectivity index (χ4n) is 1.81. The summed E-state index contributed by atoms with van der Waals surface area (Å²) in [5.74, 6) is -0.0793. The normalized spacial score (nSPS) is 12.3. The number of halogens is 1. The lowest BCUT2D eigenvalue weighted by Gasteiger charge is -2.05. The van der Waals surface area contributed by atoms with E-state index in [1.54, 1.807) is 24.3 Å². The number of hydrogen-bond donors (Lipinski definition) is 4. The molecule has 1 heterocycles. The Kier molecular flexibility index (Phi) is 2.97. The molecule has 0 aliphatic rings. The standard InChI is InChI=1S/C13H15FN4/c1-7(4-12(15)16)13(17)8-2-3-9-10(14)6-18-11(9)5-8/h2-6,18H,15-17H2,1H3/b13-7-. The van der Waals surface area contributed by atoms with E-state index in [1.165, 1.54) is 6.20 Å². The van der Waals surface area contributed by atoms with Gasteiger partial charge in [0.25, 0.3) is 0 Å². The number of nitrogens with one attached hydrogen (secondary N) is 1. The molecule has 2 rings (SSSR count). The number of rotatable bonds is 2. The van der Waals surface area contributed by atoms with Gasteiger partial charge in [0.15, 0.2) is 0 Å². The number of allylic oxidation sites excluding steroid dienone is 2. The number of H-pyrrole nitrogens is 1. The molecule has 0 aliphatic heterocycles. The first-order valence-corrected chi connectivity index (χ1v) is 5.45. The minimum absolute atomic E-state index is 0.197. The van der Waals surface area contributed by atoms with Crippen molar-refractivity contribution in [3.8, 4) is 0 Å². The van der Waals surface area contributed by atoms with Crippen molar-refractivity contribution in [1.29, 1.82) is 0 Å². The second-order valence-corrected chi connectivity index (χ2v) is 4.14. The molecule has 5 heteroatoms. The first-order valence-electron chi connectivity index (χ1n) is 5.45. The highest BCUT2D eigenvalue weighted by Crippen LogP contribution is 2.22. The summed E-state index contributed by atoms with van der Waals surface area (Å²) in [7, 11) is 0. The topological polar surface area (TPSA) is 93.8 Å². The second-order valence-electron chi connectivity index (χ2n) is 4.14. The largest absolute Gasteiger partial charge is 0.398 e. The molecule has 7 N–H and O–H groups in total. The van der Waals surface area contributed by atoms with Crippen molar-refractivity contribution in [2.45, 2.75) is 6.92 Å². The fraction of sp³-hybridized carbons (Fsp3) is 0.0769. The van der Waals surface area contributed by atoms with Gasteiger partial charge in [-0.25, -0.2) is 4.39 Å². The average molecular weight is 246 g/mol. The molecule has 0 atom stereocenters. The summed E-state index contributed by atoms with van der Waals surface area (Å²) in [6, 6.07) is 5.24. The number of fused-ring (bicyclic) bond motifs is 1. The molecular weight excluding hydrogens is 231 g/mol. The Bertz CT molecular complexity index is 648. The van der Waals surface area contributed by atoms with E-state index in [0.29, 0.717) is 16.6 Å². The predicted molar refractivity (Wildman–Crippen MR) is 71.5 cm³/mol. The van der Waals surface area contributed by atoms with Crippen molar-refractivity contribution in [2.75, 3.05) is 0 Å². The van der Waals surface area contributed by atoms with Gasteiger partial charge in [-0.3, -0.25) is 0 Å². The summed E-state index contributed by atoms with van der Waals surface area (Å²) in [6.07, 6.45) is 2.91. The van der Waals surface area contributed by atoms with Gasteiger partial charge in [0.2, 0.25) is 0 Å². The summed E-state index contributed by atoms with van der Waals surface area (Å²) < 4.78 is 13.3. The molecule has 2 aromatic rings. The monoisotopic (exact) mass is 246 g/mol. The quantitative estimate of drug-likeness (QED) is 0.608. The molecule has 0 spiro atoms. The number of aromatic amines is 1. The predicted octanol–water partition coefficient (Wildman–Crippen LogP) is 1.76. The minimum atomic E-state index is -0.276. The molecule has 0 amide bonds. The van der Waals surface area contributed by atoms with E-state index >= 15 is 0 Å². The summed E-state index contributed by atoms with van der Waals surface area (Å²) in [4.78, 5) is 2.84. The van der Waals surface area contributed by atoms with E-state index in [-0.39, 0.29) is 11.6 Å². The first-order chi connectivity index (χ1) is 8.49. The number of hydrogen-bond acceptors (Lipinski definition) is 3. The lowest BCUT2D eigenvalue weighted by Crippen LogP contribution is -2.09. The van der Waals surface area contributed by atoms with E-state index in [1.807, 2.05) is 6.92 Å². The maximum Gasteiger partial charge on any atom is 0.148 e. The van der Waals surface area contributed by atoms with Crippen molar-refractivity contribution in [1.82, 2.24) is 4.98 Å². The Labute approximate surface area is 104 Å². The van der Waals surface area contributed by atoms with Gasteiger partial charge in [-0.15, -0.1) is 0 Å². The van der Waals surface area contributed by atoms with Gasteiger partial charge < -0.3 is 22.2 Å². The van der Waals surface area contributed by atoms with E-state index in [9.17, 15) is 4.39 Å². The zero-order valence-corrected chi connectivity index (χ0v) is 10.00. The van der Waals surface area contributed by atoms with Gasteiger partial charge in [0, 0.05) is 22.8 Å². The Hall–Kier alpha value is -2.43. The van der Waals surface area contributed by atoms with Gasteiger partial charge in [-0.2, -0.15) is 0 Å². The molecule has 0 aliphatic carbocycles. The molecule has 1 aromatic carbocycles. The van der Waals surface area contributed by atoms with E-state index < -0.39 is 0 Å². The van der Waals surface area contributed by atoms with Gasteiger partial charge in [-0.1, -0.05) is 6.07 Å². The summed E-state index contributed by atoms with van der Waals surface area (Å²) in [6.45, 7) is 1.81. The molecule has 94 valence electrons. The zero-order chi connectivity index (χ0) is 13.3. The smallest absolute Gasteiger partial charge is 0.148 e. The van der Waals surface area contributed by atoms with Crippen LogP contribution in [0.15, 0.2) is 41.9 Å².